The second-order valence-electron chi connectivity index (χ2n) is 5.91. The standard InChI is InChI=1S/C19H15F3N2O3S/c1-11(12-4-6-13(7-5-12)19(20,21)22)23-18(26)15-8-9-16(28-15)24-17(25)14-3-2-10-27-14/h2-11H,1H3,(H,23,26)(H,24,25). The predicted octanol–water partition coefficient (Wildman–Crippen LogP) is 5.10. The highest BCUT2D eigenvalue weighted by atomic mass is 32.1. The van der Waals surface area contributed by atoms with Gasteiger partial charge in [0.25, 0.3) is 11.8 Å². The summed E-state index contributed by atoms with van der Waals surface area (Å²) in [5.41, 5.74) is -0.200. The minimum atomic E-state index is -4.40. The summed E-state index contributed by atoms with van der Waals surface area (Å²) in [5.74, 6) is -0.678. The molecule has 9 heteroatoms. The van der Waals surface area contributed by atoms with Gasteiger partial charge in [0.2, 0.25) is 0 Å². The lowest BCUT2D eigenvalue weighted by atomic mass is 10.1. The summed E-state index contributed by atoms with van der Waals surface area (Å²) >= 11 is 1.08. The molecule has 2 amide bonds. The number of carbonyl (C=O) groups excluding carboxylic acids is 2. The fourth-order valence-electron chi connectivity index (χ4n) is 2.42. The molecule has 146 valence electrons. The van der Waals surface area contributed by atoms with E-state index >= 15 is 0 Å². The molecule has 2 aromatic heterocycles. The molecule has 0 spiro atoms. The molecule has 0 aliphatic rings. The quantitative estimate of drug-likeness (QED) is 0.617. The third kappa shape index (κ3) is 4.61. The molecule has 0 aliphatic carbocycles. The van der Waals surface area contributed by atoms with Crippen LogP contribution in [-0.4, -0.2) is 11.8 Å². The molecule has 5 nitrogen and oxygen atoms in total. The molecule has 3 rings (SSSR count). The van der Waals surface area contributed by atoms with E-state index in [1.807, 2.05) is 0 Å². The van der Waals surface area contributed by atoms with E-state index in [9.17, 15) is 22.8 Å². The van der Waals surface area contributed by atoms with Crippen LogP contribution in [0.1, 0.15) is 44.3 Å². The van der Waals surface area contributed by atoms with Crippen LogP contribution in [0.2, 0.25) is 0 Å². The summed E-state index contributed by atoms with van der Waals surface area (Å²) in [6.45, 7) is 1.67. The van der Waals surface area contributed by atoms with Crippen molar-refractivity contribution in [2.24, 2.45) is 0 Å². The first-order chi connectivity index (χ1) is 13.2. The van der Waals surface area contributed by atoms with Crippen LogP contribution >= 0.6 is 11.3 Å². The Bertz CT molecular complexity index is 963. The molecule has 0 radical (unpaired) electrons. The lowest BCUT2D eigenvalue weighted by Gasteiger charge is -2.15. The Morgan fingerprint density at radius 3 is 2.36 bits per heavy atom. The van der Waals surface area contributed by atoms with Gasteiger partial charge in [0.15, 0.2) is 5.76 Å². The summed E-state index contributed by atoms with van der Waals surface area (Å²) in [5, 5.41) is 5.81. The maximum Gasteiger partial charge on any atom is 0.416 e. The summed E-state index contributed by atoms with van der Waals surface area (Å²) in [6, 6.07) is 10.4. The van der Waals surface area contributed by atoms with E-state index in [-0.39, 0.29) is 5.76 Å². The van der Waals surface area contributed by atoms with E-state index in [0.29, 0.717) is 15.4 Å². The third-order valence-corrected chi connectivity index (χ3v) is 4.90. The van der Waals surface area contributed by atoms with Crippen molar-refractivity contribution in [1.82, 2.24) is 5.32 Å². The van der Waals surface area contributed by atoms with Gasteiger partial charge in [0.05, 0.1) is 27.7 Å². The van der Waals surface area contributed by atoms with Crippen LogP contribution < -0.4 is 10.6 Å². The SMILES string of the molecule is CC(NC(=O)c1ccc(NC(=O)c2ccco2)s1)c1ccc(C(F)(F)F)cc1. The highest BCUT2D eigenvalue weighted by Gasteiger charge is 2.30. The lowest BCUT2D eigenvalue weighted by Crippen LogP contribution is -2.25. The Morgan fingerprint density at radius 2 is 1.75 bits per heavy atom. The van der Waals surface area contributed by atoms with Gasteiger partial charge in [-0.1, -0.05) is 12.1 Å². The van der Waals surface area contributed by atoms with Crippen molar-refractivity contribution in [2.45, 2.75) is 19.1 Å². The van der Waals surface area contributed by atoms with Crippen LogP contribution in [0, 0.1) is 0 Å². The number of alkyl halides is 3. The number of nitrogens with one attached hydrogen (secondary N) is 2. The molecule has 0 saturated carbocycles. The van der Waals surface area contributed by atoms with Gasteiger partial charge in [-0.2, -0.15) is 13.2 Å². The number of thiophene rings is 1. The average molecular weight is 408 g/mol. The molecule has 3 aromatic rings. The van der Waals surface area contributed by atoms with E-state index in [4.69, 9.17) is 4.42 Å². The largest absolute Gasteiger partial charge is 0.459 e. The van der Waals surface area contributed by atoms with Crippen molar-refractivity contribution in [1.29, 1.82) is 0 Å². The van der Waals surface area contributed by atoms with Crippen molar-refractivity contribution >= 4 is 28.2 Å². The first kappa shape index (κ1) is 19.7. The number of furan rings is 1. The Morgan fingerprint density at radius 1 is 1.04 bits per heavy atom. The third-order valence-electron chi connectivity index (χ3n) is 3.90. The Balaban J connectivity index is 1.61. The van der Waals surface area contributed by atoms with Crippen molar-refractivity contribution in [2.75, 3.05) is 5.32 Å². The molecule has 0 bridgehead atoms. The number of amides is 2. The van der Waals surface area contributed by atoms with Gasteiger partial charge >= 0.3 is 6.18 Å². The molecule has 1 atom stereocenters. The van der Waals surface area contributed by atoms with E-state index < -0.39 is 29.6 Å². The number of rotatable bonds is 5. The minimum absolute atomic E-state index is 0.148. The van der Waals surface area contributed by atoms with Crippen LogP contribution in [0.25, 0.3) is 0 Å². The highest BCUT2D eigenvalue weighted by Crippen LogP contribution is 2.30. The Kier molecular flexibility index (Phi) is 5.55. The monoisotopic (exact) mass is 408 g/mol. The number of anilines is 1. The number of carbonyl (C=O) groups is 2. The maximum atomic E-state index is 12.6. The summed E-state index contributed by atoms with van der Waals surface area (Å²) < 4.78 is 42.9. The van der Waals surface area contributed by atoms with Crippen molar-refractivity contribution in [3.8, 4) is 0 Å². The minimum Gasteiger partial charge on any atom is -0.459 e. The molecule has 2 heterocycles. The molecular formula is C19H15F3N2O3S. The van der Waals surface area contributed by atoms with Gasteiger partial charge < -0.3 is 15.1 Å². The molecule has 0 fully saturated rings. The van der Waals surface area contributed by atoms with Gasteiger partial charge in [0.1, 0.15) is 0 Å². The zero-order valence-corrected chi connectivity index (χ0v) is 15.4. The molecule has 28 heavy (non-hydrogen) atoms. The maximum absolute atomic E-state index is 12.6. The zero-order valence-electron chi connectivity index (χ0n) is 14.5. The van der Waals surface area contributed by atoms with Gasteiger partial charge in [-0.25, -0.2) is 0 Å². The van der Waals surface area contributed by atoms with Gasteiger partial charge in [-0.05, 0) is 48.9 Å². The summed E-state index contributed by atoms with van der Waals surface area (Å²) in [4.78, 5) is 24.7. The first-order valence-electron chi connectivity index (χ1n) is 8.17. The molecule has 0 saturated heterocycles. The van der Waals surface area contributed by atoms with Gasteiger partial charge in [0, 0.05) is 0 Å². The van der Waals surface area contributed by atoms with Crippen molar-refractivity contribution < 1.29 is 27.2 Å². The van der Waals surface area contributed by atoms with Gasteiger partial charge in [-0.15, -0.1) is 11.3 Å². The molecule has 1 aromatic carbocycles. The second kappa shape index (κ2) is 7.89. The van der Waals surface area contributed by atoms with Crippen molar-refractivity contribution in [3.63, 3.8) is 0 Å². The van der Waals surface area contributed by atoms with E-state index in [0.717, 1.165) is 23.5 Å². The number of hydrogen-bond donors (Lipinski definition) is 2. The summed E-state index contributed by atoms with van der Waals surface area (Å²) in [6.07, 6.45) is -3.02. The molecule has 0 aliphatic heterocycles. The van der Waals surface area contributed by atoms with E-state index in [1.165, 1.54) is 24.5 Å². The highest BCUT2D eigenvalue weighted by molar-refractivity contribution is 7.18. The number of hydrogen-bond acceptors (Lipinski definition) is 4. The van der Waals surface area contributed by atoms with Crippen LogP contribution in [0.15, 0.2) is 59.2 Å². The number of benzene rings is 1. The van der Waals surface area contributed by atoms with Crippen LogP contribution in [0.5, 0.6) is 0 Å². The lowest BCUT2D eigenvalue weighted by molar-refractivity contribution is -0.137. The fourth-order valence-corrected chi connectivity index (χ4v) is 3.22. The zero-order chi connectivity index (χ0) is 20.3. The van der Waals surface area contributed by atoms with Crippen LogP contribution in [0.3, 0.4) is 0 Å². The fraction of sp³-hybridized carbons (Fsp3) is 0.158. The van der Waals surface area contributed by atoms with Crippen LogP contribution in [0.4, 0.5) is 18.2 Å². The topological polar surface area (TPSA) is 71.3 Å². The average Bonchev–Trinajstić information content (AvgIpc) is 3.33. The Hall–Kier alpha value is -3.07. The van der Waals surface area contributed by atoms with E-state index in [1.54, 1.807) is 25.1 Å². The second-order valence-corrected chi connectivity index (χ2v) is 6.99. The molecule has 2 N–H and O–H groups in total. The van der Waals surface area contributed by atoms with E-state index in [2.05, 4.69) is 10.6 Å². The predicted molar refractivity (Wildman–Crippen MR) is 98.3 cm³/mol. The normalized spacial score (nSPS) is 12.4. The smallest absolute Gasteiger partial charge is 0.416 e. The molecular weight excluding hydrogens is 393 g/mol. The first-order valence-corrected chi connectivity index (χ1v) is 8.98. The van der Waals surface area contributed by atoms with Crippen LogP contribution in [-0.2, 0) is 6.18 Å². The number of halogens is 3. The van der Waals surface area contributed by atoms with Gasteiger partial charge in [-0.3, -0.25) is 9.59 Å². The Labute approximate surface area is 162 Å². The molecule has 1 unspecified atom stereocenters. The van der Waals surface area contributed by atoms with Crippen molar-refractivity contribution in [3.05, 3.63) is 76.6 Å². The summed E-state index contributed by atoms with van der Waals surface area (Å²) in [7, 11) is 0.